The van der Waals surface area contributed by atoms with Gasteiger partial charge in [0.15, 0.2) is 17.5 Å². The Morgan fingerprint density at radius 1 is 0.268 bits per heavy atom. The molecule has 8 aromatic carbocycles. The molecule has 0 aliphatic carbocycles. The van der Waals surface area contributed by atoms with Crippen molar-refractivity contribution in [1.82, 2.24) is 15.0 Å². The second-order valence-electron chi connectivity index (χ2n) is 14.0. The highest BCUT2D eigenvalue weighted by Crippen LogP contribution is 2.39. The van der Waals surface area contributed by atoms with Gasteiger partial charge in [-0.15, -0.1) is 0 Å². The first kappa shape index (κ1) is 31.9. The van der Waals surface area contributed by atoms with Crippen molar-refractivity contribution in [1.29, 1.82) is 0 Å². The zero-order valence-electron chi connectivity index (χ0n) is 30.1. The zero-order valence-corrected chi connectivity index (χ0v) is 30.1. The Morgan fingerprint density at radius 2 is 0.714 bits per heavy atom. The highest BCUT2D eigenvalue weighted by molar-refractivity contribution is 6.13. The highest BCUT2D eigenvalue weighted by atomic mass is 16.3. The summed E-state index contributed by atoms with van der Waals surface area (Å²) in [6.45, 7) is 0. The third-order valence-electron chi connectivity index (χ3n) is 10.6. The lowest BCUT2D eigenvalue weighted by molar-refractivity contribution is 0.668. The summed E-state index contributed by atoms with van der Waals surface area (Å²) in [4.78, 5) is 15.3. The van der Waals surface area contributed by atoms with Crippen LogP contribution in [0.5, 0.6) is 0 Å². The molecule has 0 aliphatic heterocycles. The molecule has 3 aromatic heterocycles. The Kier molecular flexibility index (Phi) is 7.42. The average Bonchev–Trinajstić information content (AvgIpc) is 3.85. The zero-order chi connectivity index (χ0) is 37.0. The van der Waals surface area contributed by atoms with Gasteiger partial charge in [-0.25, -0.2) is 15.0 Å². The van der Waals surface area contributed by atoms with Crippen LogP contribution in [-0.4, -0.2) is 15.0 Å². The number of furan rings is 2. The van der Waals surface area contributed by atoms with Crippen LogP contribution in [0, 0.1) is 0 Å². The Bertz CT molecular complexity index is 3220. The van der Waals surface area contributed by atoms with Gasteiger partial charge in [-0.2, -0.15) is 0 Å². The number of nitrogens with zero attached hydrogens (tertiary/aromatic N) is 3. The van der Waals surface area contributed by atoms with Crippen LogP contribution in [0.4, 0.5) is 0 Å². The maximum atomic E-state index is 6.45. The number of fused-ring (bicyclic) bond motifs is 6. The van der Waals surface area contributed by atoms with E-state index in [1.165, 1.54) is 22.3 Å². The largest absolute Gasteiger partial charge is 0.456 e. The summed E-state index contributed by atoms with van der Waals surface area (Å²) < 4.78 is 12.6. The first-order valence-electron chi connectivity index (χ1n) is 18.7. The Labute approximate surface area is 322 Å². The summed E-state index contributed by atoms with van der Waals surface area (Å²) in [5, 5.41) is 4.04. The van der Waals surface area contributed by atoms with Crippen molar-refractivity contribution < 1.29 is 8.83 Å². The molecule has 5 heteroatoms. The van der Waals surface area contributed by atoms with E-state index in [9.17, 15) is 0 Å². The van der Waals surface area contributed by atoms with E-state index in [1.807, 2.05) is 78.9 Å². The smallest absolute Gasteiger partial charge is 0.164 e. The van der Waals surface area contributed by atoms with Crippen molar-refractivity contribution >= 4 is 43.9 Å². The molecule has 11 rings (SSSR count). The second kappa shape index (κ2) is 13.0. The minimum Gasteiger partial charge on any atom is -0.456 e. The molecule has 0 saturated carbocycles. The molecule has 0 saturated heterocycles. The van der Waals surface area contributed by atoms with Crippen LogP contribution >= 0.6 is 0 Å². The van der Waals surface area contributed by atoms with Crippen molar-refractivity contribution in [3.8, 4) is 67.5 Å². The predicted molar refractivity (Wildman–Crippen MR) is 227 cm³/mol. The minimum atomic E-state index is 0.576. The van der Waals surface area contributed by atoms with Gasteiger partial charge in [0.25, 0.3) is 0 Å². The lowest BCUT2D eigenvalue weighted by atomic mass is 9.97. The van der Waals surface area contributed by atoms with Crippen LogP contribution in [-0.2, 0) is 0 Å². The van der Waals surface area contributed by atoms with Gasteiger partial charge in [0.1, 0.15) is 22.3 Å². The lowest BCUT2D eigenvalue weighted by Gasteiger charge is -2.09. The van der Waals surface area contributed by atoms with Crippen LogP contribution in [0.1, 0.15) is 0 Å². The van der Waals surface area contributed by atoms with E-state index in [0.717, 1.165) is 71.7 Å². The van der Waals surface area contributed by atoms with E-state index in [-0.39, 0.29) is 0 Å². The molecule has 0 aliphatic rings. The molecule has 0 fully saturated rings. The third kappa shape index (κ3) is 5.53. The van der Waals surface area contributed by atoms with E-state index in [0.29, 0.717) is 17.5 Å². The van der Waals surface area contributed by atoms with E-state index < -0.39 is 0 Å². The Morgan fingerprint density at radius 3 is 1.41 bits per heavy atom. The maximum absolute atomic E-state index is 6.45. The van der Waals surface area contributed by atoms with Gasteiger partial charge in [0.2, 0.25) is 0 Å². The normalized spacial score (nSPS) is 11.6. The van der Waals surface area contributed by atoms with E-state index >= 15 is 0 Å². The monoisotopic (exact) mass is 717 g/mol. The number of benzene rings is 8. The van der Waals surface area contributed by atoms with Crippen molar-refractivity contribution in [3.05, 3.63) is 188 Å². The van der Waals surface area contributed by atoms with Crippen LogP contribution in [0.2, 0.25) is 0 Å². The van der Waals surface area contributed by atoms with Crippen molar-refractivity contribution in [2.24, 2.45) is 0 Å². The van der Waals surface area contributed by atoms with Crippen LogP contribution in [0.3, 0.4) is 0 Å². The van der Waals surface area contributed by atoms with Gasteiger partial charge < -0.3 is 8.83 Å². The van der Waals surface area contributed by atoms with Gasteiger partial charge >= 0.3 is 0 Å². The number of rotatable bonds is 6. The fourth-order valence-corrected chi connectivity index (χ4v) is 7.74. The molecule has 0 radical (unpaired) electrons. The number of aromatic nitrogens is 3. The SMILES string of the molecule is c1ccc(-c2ccc(-c3ccc(-c4ccc5oc6cccc(-c7nc(-c8ccccc8)nc(-c8ccc9oc%10ccccc%10c9c8)n7)c6c5c4)cc3)cc2)cc1. The highest BCUT2D eigenvalue weighted by Gasteiger charge is 2.19. The van der Waals surface area contributed by atoms with Crippen LogP contribution < -0.4 is 0 Å². The molecule has 0 atom stereocenters. The Balaban J connectivity index is 1.01. The molecule has 3 heterocycles. The summed E-state index contributed by atoms with van der Waals surface area (Å²) >= 11 is 0. The molecule has 56 heavy (non-hydrogen) atoms. The van der Waals surface area contributed by atoms with Crippen molar-refractivity contribution in [2.75, 3.05) is 0 Å². The van der Waals surface area contributed by atoms with Crippen LogP contribution in [0.25, 0.3) is 111 Å². The first-order valence-corrected chi connectivity index (χ1v) is 18.7. The van der Waals surface area contributed by atoms with E-state index in [2.05, 4.69) is 109 Å². The van der Waals surface area contributed by atoms with E-state index in [1.54, 1.807) is 0 Å². The second-order valence-corrected chi connectivity index (χ2v) is 14.0. The fraction of sp³-hybridized carbons (Fsp3) is 0. The van der Waals surface area contributed by atoms with Crippen molar-refractivity contribution in [3.63, 3.8) is 0 Å². The van der Waals surface area contributed by atoms with Crippen molar-refractivity contribution in [2.45, 2.75) is 0 Å². The minimum absolute atomic E-state index is 0.576. The molecule has 0 N–H and O–H groups in total. The molecule has 0 bridgehead atoms. The summed E-state index contributed by atoms with van der Waals surface area (Å²) in [6.07, 6.45) is 0. The van der Waals surface area contributed by atoms with E-state index in [4.69, 9.17) is 23.8 Å². The van der Waals surface area contributed by atoms with Gasteiger partial charge in [0.05, 0.1) is 0 Å². The molecule has 5 nitrogen and oxygen atoms in total. The lowest BCUT2D eigenvalue weighted by Crippen LogP contribution is -2.00. The molecular weight excluding hydrogens is 687 g/mol. The van der Waals surface area contributed by atoms with Gasteiger partial charge in [0, 0.05) is 38.2 Å². The van der Waals surface area contributed by atoms with Gasteiger partial charge in [-0.05, 0) is 75.8 Å². The average molecular weight is 718 g/mol. The van der Waals surface area contributed by atoms with Crippen LogP contribution in [0.15, 0.2) is 197 Å². The fourth-order valence-electron chi connectivity index (χ4n) is 7.74. The topological polar surface area (TPSA) is 65.0 Å². The van der Waals surface area contributed by atoms with Gasteiger partial charge in [-0.3, -0.25) is 0 Å². The Hall–Kier alpha value is -7.63. The molecular formula is C51H31N3O2. The standard InChI is InChI=1S/C51H31N3O2/c1-3-10-32(11-4-1)33-18-20-34(21-19-33)35-22-24-36(25-23-35)38-26-28-46-43(30-38)48-41(15-9-17-47(48)56-46)51-53-49(37-12-5-2-6-13-37)52-50(54-51)39-27-29-45-42(31-39)40-14-7-8-16-44(40)55-45/h1-31H. The summed E-state index contributed by atoms with van der Waals surface area (Å²) in [6, 6.07) is 64.7. The molecule has 0 unspecified atom stereocenters. The summed E-state index contributed by atoms with van der Waals surface area (Å²) in [5.74, 6) is 1.76. The summed E-state index contributed by atoms with van der Waals surface area (Å²) in [7, 11) is 0. The molecule has 0 spiro atoms. The number of para-hydroxylation sites is 1. The molecule has 262 valence electrons. The molecule has 11 aromatic rings. The predicted octanol–water partition coefficient (Wildman–Crippen LogP) is 13.7. The quantitative estimate of drug-likeness (QED) is 0.171. The number of hydrogen-bond acceptors (Lipinski definition) is 5. The molecule has 0 amide bonds. The van der Waals surface area contributed by atoms with Gasteiger partial charge in [-0.1, -0.05) is 146 Å². The third-order valence-corrected chi connectivity index (χ3v) is 10.6. The summed E-state index contributed by atoms with van der Waals surface area (Å²) in [5.41, 5.74) is 12.9. The first-order chi connectivity index (χ1) is 27.7. The maximum Gasteiger partial charge on any atom is 0.164 e. The number of hydrogen-bond donors (Lipinski definition) is 0.